The first kappa shape index (κ1) is 19.0. The molecule has 1 unspecified atom stereocenters. The van der Waals surface area contributed by atoms with Crippen LogP contribution < -0.4 is 5.32 Å². The maximum atomic E-state index is 10.5. The molecular weight excluding hydrogens is 381 g/mol. The molecule has 2 fully saturated rings. The van der Waals surface area contributed by atoms with Crippen molar-refractivity contribution in [3.63, 3.8) is 0 Å². The van der Waals surface area contributed by atoms with E-state index >= 15 is 0 Å². The van der Waals surface area contributed by atoms with Gasteiger partial charge in [-0.3, -0.25) is 4.99 Å². The molecule has 124 valence electrons. The Morgan fingerprint density at radius 3 is 2.67 bits per heavy atom. The fraction of sp³-hybridized carbons (Fsp3) is 0.933. The van der Waals surface area contributed by atoms with Crippen LogP contribution in [0.2, 0.25) is 0 Å². The van der Waals surface area contributed by atoms with Crippen molar-refractivity contribution in [2.24, 2.45) is 10.9 Å². The molecule has 0 aromatic rings. The van der Waals surface area contributed by atoms with Crippen molar-refractivity contribution < 1.29 is 9.84 Å². The lowest BCUT2D eigenvalue weighted by Gasteiger charge is -2.34. The second-order valence-corrected chi connectivity index (χ2v) is 6.30. The zero-order valence-electron chi connectivity index (χ0n) is 13.3. The van der Waals surface area contributed by atoms with Crippen LogP contribution >= 0.6 is 24.0 Å². The van der Waals surface area contributed by atoms with E-state index in [1.165, 1.54) is 6.42 Å². The normalized spacial score (nSPS) is 25.3. The molecule has 1 atom stereocenters. The number of ether oxygens (including phenoxy) is 1. The smallest absolute Gasteiger partial charge is 0.193 e. The summed E-state index contributed by atoms with van der Waals surface area (Å²) in [7, 11) is 3.85. The Morgan fingerprint density at radius 2 is 2.10 bits per heavy atom. The van der Waals surface area contributed by atoms with Gasteiger partial charge in [0.1, 0.15) is 0 Å². The van der Waals surface area contributed by atoms with Crippen LogP contribution in [-0.2, 0) is 4.74 Å². The van der Waals surface area contributed by atoms with Gasteiger partial charge < -0.3 is 20.1 Å². The van der Waals surface area contributed by atoms with E-state index in [0.29, 0.717) is 12.5 Å². The Labute approximate surface area is 145 Å². The van der Waals surface area contributed by atoms with E-state index in [9.17, 15) is 5.11 Å². The Hall–Kier alpha value is -0.0800. The van der Waals surface area contributed by atoms with Gasteiger partial charge in [-0.1, -0.05) is 19.3 Å². The maximum Gasteiger partial charge on any atom is 0.193 e. The molecule has 2 aliphatic rings. The number of guanidine groups is 1. The van der Waals surface area contributed by atoms with Crippen LogP contribution in [0, 0.1) is 5.92 Å². The minimum atomic E-state index is -0.550. The molecule has 6 heteroatoms. The van der Waals surface area contributed by atoms with Crippen LogP contribution in [0.15, 0.2) is 4.99 Å². The summed E-state index contributed by atoms with van der Waals surface area (Å²) >= 11 is 0. The molecule has 0 spiro atoms. The SMILES string of the molecule is CN=C(NCC1(O)CCCCC1)N(C)CC1CCOC1.I. The van der Waals surface area contributed by atoms with Gasteiger partial charge in [0.25, 0.3) is 0 Å². The van der Waals surface area contributed by atoms with Gasteiger partial charge in [0.05, 0.1) is 12.2 Å². The number of aliphatic imine (C=N–C) groups is 1. The number of rotatable bonds is 4. The third kappa shape index (κ3) is 5.90. The van der Waals surface area contributed by atoms with Crippen LogP contribution in [0.5, 0.6) is 0 Å². The van der Waals surface area contributed by atoms with E-state index in [-0.39, 0.29) is 24.0 Å². The molecule has 2 rings (SSSR count). The number of halogens is 1. The van der Waals surface area contributed by atoms with Crippen molar-refractivity contribution >= 4 is 29.9 Å². The Morgan fingerprint density at radius 1 is 1.38 bits per heavy atom. The lowest BCUT2D eigenvalue weighted by atomic mass is 9.85. The van der Waals surface area contributed by atoms with Gasteiger partial charge in [0.15, 0.2) is 5.96 Å². The molecule has 5 nitrogen and oxygen atoms in total. The van der Waals surface area contributed by atoms with Gasteiger partial charge in [0.2, 0.25) is 0 Å². The van der Waals surface area contributed by atoms with Crippen LogP contribution in [0.25, 0.3) is 0 Å². The van der Waals surface area contributed by atoms with Crippen LogP contribution in [-0.4, -0.2) is 62.0 Å². The molecule has 1 heterocycles. The fourth-order valence-electron chi connectivity index (χ4n) is 3.22. The molecule has 1 aliphatic carbocycles. The molecule has 0 aromatic heterocycles. The van der Waals surface area contributed by atoms with Crippen molar-refractivity contribution in [1.29, 1.82) is 0 Å². The zero-order chi connectivity index (χ0) is 14.4. The summed E-state index contributed by atoms with van der Waals surface area (Å²) in [4.78, 5) is 6.47. The summed E-state index contributed by atoms with van der Waals surface area (Å²) in [6.07, 6.45) is 6.44. The first-order chi connectivity index (χ1) is 9.63. The lowest BCUT2D eigenvalue weighted by Crippen LogP contribution is -2.49. The molecular formula is C15H30IN3O2. The third-order valence-corrected chi connectivity index (χ3v) is 4.49. The number of nitrogens with zero attached hydrogens (tertiary/aromatic N) is 2. The molecule has 1 saturated carbocycles. The lowest BCUT2D eigenvalue weighted by molar-refractivity contribution is 0.00816. The summed E-state index contributed by atoms with van der Waals surface area (Å²) in [6, 6.07) is 0. The second-order valence-electron chi connectivity index (χ2n) is 6.30. The predicted molar refractivity (Wildman–Crippen MR) is 96.4 cm³/mol. The Kier molecular flexibility index (Phi) is 8.26. The van der Waals surface area contributed by atoms with Gasteiger partial charge in [-0.15, -0.1) is 24.0 Å². The van der Waals surface area contributed by atoms with Gasteiger partial charge in [-0.05, 0) is 19.3 Å². The van der Waals surface area contributed by atoms with Crippen LogP contribution in [0.4, 0.5) is 0 Å². The summed E-state index contributed by atoms with van der Waals surface area (Å²) in [5.41, 5.74) is -0.550. The summed E-state index contributed by atoms with van der Waals surface area (Å²) in [5, 5.41) is 13.9. The average molecular weight is 411 g/mol. The van der Waals surface area contributed by atoms with Crippen molar-refractivity contribution in [3.05, 3.63) is 0 Å². The minimum absolute atomic E-state index is 0. The summed E-state index contributed by atoms with van der Waals surface area (Å²) in [5.74, 6) is 1.47. The van der Waals surface area contributed by atoms with Crippen molar-refractivity contribution in [2.75, 3.05) is 40.4 Å². The van der Waals surface area contributed by atoms with Crippen LogP contribution in [0.3, 0.4) is 0 Å². The third-order valence-electron chi connectivity index (χ3n) is 4.49. The van der Waals surface area contributed by atoms with E-state index in [1.807, 2.05) is 0 Å². The van der Waals surface area contributed by atoms with E-state index in [0.717, 1.165) is 57.8 Å². The topological polar surface area (TPSA) is 57.1 Å². The summed E-state index contributed by atoms with van der Waals surface area (Å²) < 4.78 is 5.42. The molecule has 0 aromatic carbocycles. The fourth-order valence-corrected chi connectivity index (χ4v) is 3.22. The highest BCUT2D eigenvalue weighted by molar-refractivity contribution is 14.0. The molecule has 21 heavy (non-hydrogen) atoms. The largest absolute Gasteiger partial charge is 0.388 e. The van der Waals surface area contributed by atoms with Crippen LogP contribution in [0.1, 0.15) is 38.5 Å². The number of hydrogen-bond donors (Lipinski definition) is 2. The van der Waals surface area contributed by atoms with Gasteiger partial charge in [-0.2, -0.15) is 0 Å². The monoisotopic (exact) mass is 411 g/mol. The van der Waals surface area contributed by atoms with Crippen molar-refractivity contribution in [3.8, 4) is 0 Å². The van der Waals surface area contributed by atoms with E-state index < -0.39 is 5.60 Å². The van der Waals surface area contributed by atoms with Crippen molar-refractivity contribution in [2.45, 2.75) is 44.1 Å². The second kappa shape index (κ2) is 9.15. The predicted octanol–water partition coefficient (Wildman–Crippen LogP) is 1.84. The first-order valence-electron chi connectivity index (χ1n) is 7.85. The molecule has 0 bridgehead atoms. The van der Waals surface area contributed by atoms with Crippen molar-refractivity contribution in [1.82, 2.24) is 10.2 Å². The molecule has 0 radical (unpaired) electrons. The standard InChI is InChI=1S/C15H29N3O2.HI/c1-16-14(18(2)10-13-6-9-20-11-13)17-12-15(19)7-4-3-5-8-15;/h13,19H,3-12H2,1-2H3,(H,16,17);1H. The number of nitrogens with one attached hydrogen (secondary N) is 1. The zero-order valence-corrected chi connectivity index (χ0v) is 15.6. The minimum Gasteiger partial charge on any atom is -0.388 e. The highest BCUT2D eigenvalue weighted by Crippen LogP contribution is 2.27. The Bertz CT molecular complexity index is 327. The molecule has 0 amide bonds. The molecule has 1 aliphatic heterocycles. The van der Waals surface area contributed by atoms with Gasteiger partial charge in [-0.25, -0.2) is 0 Å². The van der Waals surface area contributed by atoms with Gasteiger partial charge >= 0.3 is 0 Å². The molecule has 2 N–H and O–H groups in total. The molecule has 1 saturated heterocycles. The Balaban J connectivity index is 0.00000220. The summed E-state index contributed by atoms with van der Waals surface area (Å²) in [6.45, 7) is 3.29. The number of aliphatic hydroxyl groups is 1. The highest BCUT2D eigenvalue weighted by atomic mass is 127. The quantitative estimate of drug-likeness (QED) is 0.421. The van der Waals surface area contributed by atoms with E-state index in [2.05, 4.69) is 22.3 Å². The number of hydrogen-bond acceptors (Lipinski definition) is 3. The highest BCUT2D eigenvalue weighted by Gasteiger charge is 2.29. The van der Waals surface area contributed by atoms with E-state index in [1.54, 1.807) is 7.05 Å². The maximum absolute atomic E-state index is 10.5. The average Bonchev–Trinajstić information content (AvgIpc) is 2.93. The van der Waals surface area contributed by atoms with Gasteiger partial charge in [0, 0.05) is 39.7 Å². The van der Waals surface area contributed by atoms with E-state index in [4.69, 9.17) is 4.74 Å². The first-order valence-corrected chi connectivity index (χ1v) is 7.85.